The van der Waals surface area contributed by atoms with Crippen LogP contribution >= 0.6 is 0 Å². The fraction of sp³-hybridized carbons (Fsp3) is 0.727. The van der Waals surface area contributed by atoms with Gasteiger partial charge in [-0.25, -0.2) is 0 Å². The van der Waals surface area contributed by atoms with Crippen LogP contribution in [-0.4, -0.2) is 33.9 Å². The second-order valence-electron chi connectivity index (χ2n) is 4.21. The number of carbonyl (C=O) groups is 1. The van der Waals surface area contributed by atoms with E-state index in [4.69, 9.17) is 4.52 Å². The van der Waals surface area contributed by atoms with Crippen molar-refractivity contribution in [1.82, 2.24) is 15.0 Å². The Balaban J connectivity index is 1.89. The first-order valence-electron chi connectivity index (χ1n) is 5.83. The molecule has 1 saturated heterocycles. The minimum atomic E-state index is 0.309. The molecule has 5 heteroatoms. The Bertz CT molecular complexity index is 362. The second-order valence-corrected chi connectivity index (χ2v) is 4.21. The summed E-state index contributed by atoms with van der Waals surface area (Å²) in [6.45, 7) is 4.17. The van der Waals surface area contributed by atoms with Crippen molar-refractivity contribution in [3.8, 4) is 0 Å². The molecule has 16 heavy (non-hydrogen) atoms. The number of rotatable bonds is 4. The Kier molecular flexibility index (Phi) is 3.66. The number of hydrogen-bond acceptors (Lipinski definition) is 5. The lowest BCUT2D eigenvalue weighted by atomic mass is 10.1. The summed E-state index contributed by atoms with van der Waals surface area (Å²) in [5.74, 6) is 1.70. The van der Waals surface area contributed by atoms with Crippen LogP contribution in [0.3, 0.4) is 0 Å². The fourth-order valence-electron chi connectivity index (χ4n) is 1.91. The molecule has 1 aliphatic rings. The van der Waals surface area contributed by atoms with E-state index < -0.39 is 0 Å². The predicted octanol–water partition coefficient (Wildman–Crippen LogP) is 1.19. The van der Waals surface area contributed by atoms with Crippen LogP contribution < -0.4 is 0 Å². The second kappa shape index (κ2) is 5.21. The van der Waals surface area contributed by atoms with E-state index >= 15 is 0 Å². The molecule has 0 amide bonds. The zero-order chi connectivity index (χ0) is 11.4. The zero-order valence-corrected chi connectivity index (χ0v) is 9.61. The molecule has 0 radical (unpaired) electrons. The van der Waals surface area contributed by atoms with E-state index in [-0.39, 0.29) is 0 Å². The van der Waals surface area contributed by atoms with Crippen LogP contribution in [0.5, 0.6) is 0 Å². The number of nitrogens with zero attached hydrogens (tertiary/aromatic N) is 3. The minimum absolute atomic E-state index is 0.309. The molecule has 2 heterocycles. The molecule has 0 aliphatic carbocycles. The average molecular weight is 223 g/mol. The van der Waals surface area contributed by atoms with Gasteiger partial charge in [0.05, 0.1) is 13.1 Å². The molecule has 1 aromatic rings. The van der Waals surface area contributed by atoms with Crippen molar-refractivity contribution in [1.29, 1.82) is 0 Å². The highest BCUT2D eigenvalue weighted by Crippen LogP contribution is 2.09. The number of aryl methyl sites for hydroxylation is 1. The van der Waals surface area contributed by atoms with E-state index in [1.54, 1.807) is 0 Å². The van der Waals surface area contributed by atoms with Crippen molar-refractivity contribution in [2.75, 3.05) is 13.1 Å². The lowest BCUT2D eigenvalue weighted by Crippen LogP contribution is -2.35. The summed E-state index contributed by atoms with van der Waals surface area (Å²) >= 11 is 0. The van der Waals surface area contributed by atoms with E-state index in [1.807, 2.05) is 0 Å². The third kappa shape index (κ3) is 2.88. The van der Waals surface area contributed by atoms with Crippen molar-refractivity contribution in [3.05, 3.63) is 11.7 Å². The molecule has 5 nitrogen and oxygen atoms in total. The van der Waals surface area contributed by atoms with Crippen LogP contribution in [0.1, 0.15) is 37.9 Å². The number of carbonyl (C=O) groups excluding carboxylic acids is 1. The summed E-state index contributed by atoms with van der Waals surface area (Å²) in [7, 11) is 0. The smallest absolute Gasteiger partial charge is 0.226 e. The van der Waals surface area contributed by atoms with Gasteiger partial charge in [0.25, 0.3) is 0 Å². The lowest BCUT2D eigenvalue weighted by molar-refractivity contribution is -0.122. The molecular weight excluding hydrogens is 206 g/mol. The zero-order valence-electron chi connectivity index (χ0n) is 9.61. The first-order chi connectivity index (χ1) is 7.78. The van der Waals surface area contributed by atoms with E-state index in [0.29, 0.717) is 37.0 Å². The number of Topliss-reactive ketones (excluding diaryl/α,β-unsaturated/α-hetero) is 1. The topological polar surface area (TPSA) is 59.2 Å². The monoisotopic (exact) mass is 223 g/mol. The normalized spacial score (nSPS) is 17.9. The Morgan fingerprint density at radius 3 is 3.12 bits per heavy atom. The summed E-state index contributed by atoms with van der Waals surface area (Å²) in [4.78, 5) is 17.6. The van der Waals surface area contributed by atoms with E-state index in [9.17, 15) is 4.79 Å². The highest BCUT2D eigenvalue weighted by molar-refractivity contribution is 5.81. The van der Waals surface area contributed by atoms with Crippen LogP contribution in [-0.2, 0) is 17.8 Å². The molecule has 1 aromatic heterocycles. The summed E-state index contributed by atoms with van der Waals surface area (Å²) in [5.41, 5.74) is 0. The van der Waals surface area contributed by atoms with Crippen LogP contribution in [0.4, 0.5) is 0 Å². The Hall–Kier alpha value is -1.23. The van der Waals surface area contributed by atoms with Gasteiger partial charge in [-0.3, -0.25) is 9.69 Å². The van der Waals surface area contributed by atoms with Gasteiger partial charge < -0.3 is 4.52 Å². The molecule has 0 unspecified atom stereocenters. The molecule has 0 spiro atoms. The Morgan fingerprint density at radius 1 is 1.50 bits per heavy atom. The summed E-state index contributed by atoms with van der Waals surface area (Å²) in [6, 6.07) is 0. The molecule has 0 saturated carbocycles. The fourth-order valence-corrected chi connectivity index (χ4v) is 1.91. The maximum absolute atomic E-state index is 11.3. The van der Waals surface area contributed by atoms with Gasteiger partial charge in [0.1, 0.15) is 5.78 Å². The molecule has 0 atom stereocenters. The summed E-state index contributed by atoms with van der Waals surface area (Å²) in [5, 5.41) is 3.91. The maximum atomic E-state index is 11.3. The molecule has 0 N–H and O–H groups in total. The van der Waals surface area contributed by atoms with Crippen molar-refractivity contribution in [2.45, 2.75) is 39.2 Å². The van der Waals surface area contributed by atoms with Gasteiger partial charge in [-0.1, -0.05) is 12.1 Å². The number of likely N-dealkylation sites (tertiary alicyclic amines) is 1. The van der Waals surface area contributed by atoms with Gasteiger partial charge in [0, 0.05) is 12.8 Å². The number of piperidine rings is 1. The van der Waals surface area contributed by atoms with Gasteiger partial charge in [0.15, 0.2) is 5.82 Å². The number of hydrogen-bond donors (Lipinski definition) is 0. The SMILES string of the molecule is CCCc1nc(CN2CCCC(=O)C2)no1. The molecular formula is C11H17N3O2. The third-order valence-electron chi connectivity index (χ3n) is 2.67. The van der Waals surface area contributed by atoms with E-state index in [1.165, 1.54) is 0 Å². The lowest BCUT2D eigenvalue weighted by Gasteiger charge is -2.23. The van der Waals surface area contributed by atoms with Crippen molar-refractivity contribution < 1.29 is 9.32 Å². The largest absolute Gasteiger partial charge is 0.339 e. The first kappa shape index (κ1) is 11.3. The first-order valence-corrected chi connectivity index (χ1v) is 5.83. The van der Waals surface area contributed by atoms with E-state index in [0.717, 1.165) is 25.8 Å². The van der Waals surface area contributed by atoms with Crippen LogP contribution in [0, 0.1) is 0 Å². The van der Waals surface area contributed by atoms with Crippen LogP contribution in [0.25, 0.3) is 0 Å². The van der Waals surface area contributed by atoms with Gasteiger partial charge >= 0.3 is 0 Å². The standard InChI is InChI=1S/C11H17N3O2/c1-2-4-11-12-10(13-16-11)8-14-6-3-5-9(15)7-14/h2-8H2,1H3. The Morgan fingerprint density at radius 2 is 2.38 bits per heavy atom. The minimum Gasteiger partial charge on any atom is -0.339 e. The summed E-state index contributed by atoms with van der Waals surface area (Å²) < 4.78 is 5.10. The number of aromatic nitrogens is 2. The van der Waals surface area contributed by atoms with Crippen molar-refractivity contribution in [2.24, 2.45) is 0 Å². The summed E-state index contributed by atoms with van der Waals surface area (Å²) in [6.07, 6.45) is 3.48. The molecule has 1 fully saturated rings. The molecule has 88 valence electrons. The number of ketones is 1. The van der Waals surface area contributed by atoms with Crippen LogP contribution in [0.2, 0.25) is 0 Å². The van der Waals surface area contributed by atoms with Crippen molar-refractivity contribution in [3.63, 3.8) is 0 Å². The predicted molar refractivity (Wildman–Crippen MR) is 57.8 cm³/mol. The highest BCUT2D eigenvalue weighted by atomic mass is 16.5. The average Bonchev–Trinajstić information content (AvgIpc) is 2.66. The Labute approximate surface area is 94.8 Å². The van der Waals surface area contributed by atoms with Gasteiger partial charge in [-0.05, 0) is 19.4 Å². The molecule has 2 rings (SSSR count). The van der Waals surface area contributed by atoms with Gasteiger partial charge in [-0.2, -0.15) is 4.98 Å². The molecule has 0 aromatic carbocycles. The maximum Gasteiger partial charge on any atom is 0.226 e. The van der Waals surface area contributed by atoms with Gasteiger partial charge in [0.2, 0.25) is 5.89 Å². The van der Waals surface area contributed by atoms with Crippen molar-refractivity contribution >= 4 is 5.78 Å². The van der Waals surface area contributed by atoms with E-state index in [2.05, 4.69) is 22.0 Å². The highest BCUT2D eigenvalue weighted by Gasteiger charge is 2.18. The molecule has 1 aliphatic heterocycles. The molecule has 0 bridgehead atoms. The third-order valence-corrected chi connectivity index (χ3v) is 2.67. The van der Waals surface area contributed by atoms with Crippen LogP contribution in [0.15, 0.2) is 4.52 Å². The quantitative estimate of drug-likeness (QED) is 0.767. The van der Waals surface area contributed by atoms with Gasteiger partial charge in [-0.15, -0.1) is 0 Å².